The van der Waals surface area contributed by atoms with Crippen molar-refractivity contribution in [3.05, 3.63) is 77.8 Å². The van der Waals surface area contributed by atoms with Crippen LogP contribution < -0.4 is 5.32 Å². The number of nitrogens with zero attached hydrogens (tertiary/aromatic N) is 2. The number of oxazole rings is 1. The second kappa shape index (κ2) is 8.95. The van der Waals surface area contributed by atoms with Crippen LogP contribution in [0, 0.1) is 0 Å². The Hall–Kier alpha value is -3.41. The number of benzene rings is 2. The molecule has 1 aromatic heterocycles. The molecule has 6 heteroatoms. The maximum absolute atomic E-state index is 13.1. The molecule has 0 spiro atoms. The van der Waals surface area contributed by atoms with Crippen molar-refractivity contribution in [1.29, 1.82) is 0 Å². The second-order valence-electron chi connectivity index (χ2n) is 7.53. The van der Waals surface area contributed by atoms with Gasteiger partial charge >= 0.3 is 0 Å². The Morgan fingerprint density at radius 2 is 1.70 bits per heavy atom. The van der Waals surface area contributed by atoms with Gasteiger partial charge in [0.1, 0.15) is 0 Å². The number of piperidine rings is 1. The number of carbonyl (C=O) groups is 2. The SMILES string of the molecule is C[C@@H](NC(=O)c1ncoc1-c1ccccc1C(=O)N1CCCCC1)c1ccccc1. The average molecular weight is 403 g/mol. The van der Waals surface area contributed by atoms with E-state index in [1.165, 1.54) is 6.39 Å². The largest absolute Gasteiger partial charge is 0.443 e. The lowest BCUT2D eigenvalue weighted by molar-refractivity contribution is 0.0724. The van der Waals surface area contributed by atoms with Crippen LogP contribution in [0.3, 0.4) is 0 Å². The minimum atomic E-state index is -0.338. The molecule has 30 heavy (non-hydrogen) atoms. The quantitative estimate of drug-likeness (QED) is 0.682. The zero-order valence-electron chi connectivity index (χ0n) is 17.0. The van der Waals surface area contributed by atoms with Crippen molar-refractivity contribution in [2.45, 2.75) is 32.2 Å². The fraction of sp³-hybridized carbons (Fsp3) is 0.292. The van der Waals surface area contributed by atoms with E-state index in [0.29, 0.717) is 16.9 Å². The Morgan fingerprint density at radius 3 is 2.47 bits per heavy atom. The lowest BCUT2D eigenvalue weighted by Gasteiger charge is -2.27. The number of hydrogen-bond acceptors (Lipinski definition) is 4. The van der Waals surface area contributed by atoms with Crippen molar-refractivity contribution in [1.82, 2.24) is 15.2 Å². The van der Waals surface area contributed by atoms with E-state index in [0.717, 1.165) is 37.9 Å². The van der Waals surface area contributed by atoms with Crippen LogP contribution in [0.5, 0.6) is 0 Å². The number of amides is 2. The number of rotatable bonds is 5. The molecule has 6 nitrogen and oxygen atoms in total. The monoisotopic (exact) mass is 403 g/mol. The van der Waals surface area contributed by atoms with Gasteiger partial charge in [-0.25, -0.2) is 4.98 Å². The molecular weight excluding hydrogens is 378 g/mol. The van der Waals surface area contributed by atoms with Gasteiger partial charge in [-0.3, -0.25) is 9.59 Å². The van der Waals surface area contributed by atoms with Gasteiger partial charge in [0.2, 0.25) is 0 Å². The molecule has 3 aromatic rings. The summed E-state index contributed by atoms with van der Waals surface area (Å²) in [6, 6.07) is 16.8. The van der Waals surface area contributed by atoms with Crippen LogP contribution in [0.2, 0.25) is 0 Å². The molecule has 154 valence electrons. The Balaban J connectivity index is 1.60. The Bertz CT molecular complexity index is 1020. The number of nitrogens with one attached hydrogen (secondary N) is 1. The third kappa shape index (κ3) is 4.13. The van der Waals surface area contributed by atoms with Crippen LogP contribution in [0.1, 0.15) is 58.6 Å². The summed E-state index contributed by atoms with van der Waals surface area (Å²) in [5.74, 6) is -0.0604. The first-order valence-corrected chi connectivity index (χ1v) is 10.3. The molecule has 4 rings (SSSR count). The molecule has 2 aromatic carbocycles. The number of hydrogen-bond donors (Lipinski definition) is 1. The average Bonchev–Trinajstić information content (AvgIpc) is 3.30. The van der Waals surface area contributed by atoms with Crippen LogP contribution in [0.4, 0.5) is 0 Å². The van der Waals surface area contributed by atoms with Gasteiger partial charge in [0.15, 0.2) is 17.8 Å². The van der Waals surface area contributed by atoms with E-state index >= 15 is 0 Å². The van der Waals surface area contributed by atoms with Crippen molar-refractivity contribution in [3.8, 4) is 11.3 Å². The molecule has 0 saturated carbocycles. The van der Waals surface area contributed by atoms with Crippen molar-refractivity contribution < 1.29 is 14.0 Å². The van der Waals surface area contributed by atoms with Crippen LogP contribution in [-0.2, 0) is 0 Å². The topological polar surface area (TPSA) is 75.4 Å². The number of aromatic nitrogens is 1. The normalized spacial score (nSPS) is 14.9. The number of carbonyl (C=O) groups excluding carboxylic acids is 2. The highest BCUT2D eigenvalue weighted by Crippen LogP contribution is 2.29. The molecule has 1 aliphatic heterocycles. The summed E-state index contributed by atoms with van der Waals surface area (Å²) in [6.45, 7) is 3.43. The molecular formula is C24H25N3O3. The van der Waals surface area contributed by atoms with Gasteiger partial charge in [-0.1, -0.05) is 48.5 Å². The molecule has 1 atom stereocenters. The fourth-order valence-corrected chi connectivity index (χ4v) is 3.82. The number of likely N-dealkylation sites (tertiary alicyclic amines) is 1. The van der Waals surface area contributed by atoms with E-state index in [9.17, 15) is 9.59 Å². The summed E-state index contributed by atoms with van der Waals surface area (Å²) in [5, 5.41) is 2.96. The van der Waals surface area contributed by atoms with E-state index in [2.05, 4.69) is 10.3 Å². The fourth-order valence-electron chi connectivity index (χ4n) is 3.82. The highest BCUT2D eigenvalue weighted by molar-refractivity contribution is 6.04. The van der Waals surface area contributed by atoms with Crippen LogP contribution >= 0.6 is 0 Å². The van der Waals surface area contributed by atoms with Crippen LogP contribution in [0.15, 0.2) is 65.4 Å². The molecule has 0 radical (unpaired) electrons. The molecule has 1 aliphatic rings. The lowest BCUT2D eigenvalue weighted by atomic mass is 10.0. The van der Waals surface area contributed by atoms with Gasteiger partial charge in [-0.2, -0.15) is 0 Å². The Kier molecular flexibility index (Phi) is 5.93. The molecule has 1 N–H and O–H groups in total. The predicted octanol–water partition coefficient (Wildman–Crippen LogP) is 4.46. The van der Waals surface area contributed by atoms with Crippen LogP contribution in [0.25, 0.3) is 11.3 Å². The third-order valence-electron chi connectivity index (χ3n) is 5.48. The summed E-state index contributed by atoms with van der Waals surface area (Å²) in [6.07, 6.45) is 4.43. The standard InChI is InChI=1S/C24H25N3O3/c1-17(18-10-4-2-5-11-18)26-23(28)21-22(30-16-25-21)19-12-6-7-13-20(19)24(29)27-14-8-3-9-15-27/h2,4-7,10-13,16-17H,3,8-9,14-15H2,1H3,(H,26,28)/t17-/m1/s1. The maximum atomic E-state index is 13.1. The zero-order chi connectivity index (χ0) is 20.9. The summed E-state index contributed by atoms with van der Waals surface area (Å²) in [4.78, 5) is 32.1. The van der Waals surface area contributed by atoms with Gasteiger partial charge in [0, 0.05) is 18.7 Å². The summed E-state index contributed by atoms with van der Waals surface area (Å²) in [5.41, 5.74) is 2.29. The smallest absolute Gasteiger partial charge is 0.274 e. The maximum Gasteiger partial charge on any atom is 0.274 e. The molecule has 2 heterocycles. The van der Waals surface area contributed by atoms with E-state index in [4.69, 9.17) is 4.42 Å². The first-order chi connectivity index (χ1) is 14.6. The summed E-state index contributed by atoms with van der Waals surface area (Å²) >= 11 is 0. The lowest BCUT2D eigenvalue weighted by Crippen LogP contribution is -2.35. The van der Waals surface area contributed by atoms with Crippen molar-refractivity contribution >= 4 is 11.8 Å². The molecule has 2 amide bonds. The first kappa shape index (κ1) is 19.9. The van der Waals surface area contributed by atoms with Gasteiger partial charge < -0.3 is 14.6 Å². The van der Waals surface area contributed by atoms with E-state index in [-0.39, 0.29) is 23.6 Å². The van der Waals surface area contributed by atoms with Crippen molar-refractivity contribution in [2.24, 2.45) is 0 Å². The first-order valence-electron chi connectivity index (χ1n) is 10.3. The van der Waals surface area contributed by atoms with Gasteiger partial charge in [0.25, 0.3) is 11.8 Å². The molecule has 0 bridgehead atoms. The van der Waals surface area contributed by atoms with Gasteiger partial charge in [-0.05, 0) is 37.8 Å². The molecule has 0 aliphatic carbocycles. The molecule has 1 fully saturated rings. The van der Waals surface area contributed by atoms with E-state index in [1.54, 1.807) is 12.1 Å². The molecule has 1 saturated heterocycles. The predicted molar refractivity (Wildman–Crippen MR) is 114 cm³/mol. The molecule has 0 unspecified atom stereocenters. The van der Waals surface area contributed by atoms with E-state index < -0.39 is 0 Å². The van der Waals surface area contributed by atoms with Crippen LogP contribution in [-0.4, -0.2) is 34.8 Å². The highest BCUT2D eigenvalue weighted by atomic mass is 16.3. The minimum Gasteiger partial charge on any atom is -0.443 e. The Labute approximate surface area is 175 Å². The van der Waals surface area contributed by atoms with Gasteiger partial charge in [-0.15, -0.1) is 0 Å². The summed E-state index contributed by atoms with van der Waals surface area (Å²) in [7, 11) is 0. The highest BCUT2D eigenvalue weighted by Gasteiger charge is 2.26. The zero-order valence-corrected chi connectivity index (χ0v) is 17.0. The van der Waals surface area contributed by atoms with E-state index in [1.807, 2.05) is 54.3 Å². The Morgan fingerprint density at radius 1 is 1.00 bits per heavy atom. The van der Waals surface area contributed by atoms with Crippen molar-refractivity contribution in [2.75, 3.05) is 13.1 Å². The minimum absolute atomic E-state index is 0.0364. The third-order valence-corrected chi connectivity index (χ3v) is 5.48. The van der Waals surface area contributed by atoms with Gasteiger partial charge in [0.05, 0.1) is 11.6 Å². The second-order valence-corrected chi connectivity index (χ2v) is 7.53. The summed E-state index contributed by atoms with van der Waals surface area (Å²) < 4.78 is 5.59. The van der Waals surface area contributed by atoms with Crippen molar-refractivity contribution in [3.63, 3.8) is 0 Å².